The van der Waals surface area contributed by atoms with E-state index < -0.39 is 0 Å². The molecular formula is C25H29N5O. The zero-order chi connectivity index (χ0) is 21.8. The average Bonchev–Trinajstić information content (AvgIpc) is 2.81. The van der Waals surface area contributed by atoms with Crippen LogP contribution in [0.4, 0.5) is 16.3 Å². The second kappa shape index (κ2) is 9.16. The van der Waals surface area contributed by atoms with Gasteiger partial charge >= 0.3 is 6.03 Å². The number of hydrogen-bond donors (Lipinski definition) is 1. The van der Waals surface area contributed by atoms with Crippen molar-refractivity contribution in [3.63, 3.8) is 0 Å². The van der Waals surface area contributed by atoms with Gasteiger partial charge in [0.25, 0.3) is 0 Å². The molecule has 31 heavy (non-hydrogen) atoms. The van der Waals surface area contributed by atoms with Crippen LogP contribution >= 0.6 is 0 Å². The van der Waals surface area contributed by atoms with Crippen LogP contribution in [0.15, 0.2) is 54.6 Å². The molecule has 6 nitrogen and oxygen atoms in total. The van der Waals surface area contributed by atoms with Crippen LogP contribution in [0.2, 0.25) is 0 Å². The predicted octanol–water partition coefficient (Wildman–Crippen LogP) is 4.68. The number of rotatable bonds is 4. The number of nitrogens with zero attached hydrogens (tertiary/aromatic N) is 4. The molecule has 0 unspecified atom stereocenters. The number of hydrogen-bond acceptors (Lipinski definition) is 4. The van der Waals surface area contributed by atoms with Crippen LogP contribution in [0.1, 0.15) is 23.6 Å². The van der Waals surface area contributed by atoms with Crippen LogP contribution in [0.25, 0.3) is 11.3 Å². The van der Waals surface area contributed by atoms with Gasteiger partial charge in [-0.2, -0.15) is 0 Å². The van der Waals surface area contributed by atoms with Gasteiger partial charge in [-0.1, -0.05) is 48.9 Å². The summed E-state index contributed by atoms with van der Waals surface area (Å²) in [6, 6.07) is 18.5. The summed E-state index contributed by atoms with van der Waals surface area (Å²) in [7, 11) is 0. The Balaban J connectivity index is 1.34. The van der Waals surface area contributed by atoms with E-state index in [4.69, 9.17) is 0 Å². The maximum atomic E-state index is 12.7. The second-order valence-corrected chi connectivity index (χ2v) is 8.05. The minimum atomic E-state index is -0.0523. The first-order valence-electron chi connectivity index (χ1n) is 10.8. The van der Waals surface area contributed by atoms with Gasteiger partial charge in [0, 0.05) is 37.4 Å². The summed E-state index contributed by atoms with van der Waals surface area (Å²) < 4.78 is 0. The predicted molar refractivity (Wildman–Crippen MR) is 126 cm³/mol. The highest BCUT2D eigenvalue weighted by molar-refractivity contribution is 5.90. The van der Waals surface area contributed by atoms with E-state index in [0.717, 1.165) is 47.8 Å². The summed E-state index contributed by atoms with van der Waals surface area (Å²) in [5.41, 5.74) is 6.39. The molecule has 2 aromatic carbocycles. The Kier molecular flexibility index (Phi) is 6.16. The largest absolute Gasteiger partial charge is 0.352 e. The van der Waals surface area contributed by atoms with Gasteiger partial charge in [-0.15, -0.1) is 10.2 Å². The van der Waals surface area contributed by atoms with Gasteiger partial charge in [0.15, 0.2) is 5.82 Å². The van der Waals surface area contributed by atoms with Crippen molar-refractivity contribution in [2.24, 2.45) is 0 Å². The van der Waals surface area contributed by atoms with E-state index in [0.29, 0.717) is 13.1 Å². The zero-order valence-electron chi connectivity index (χ0n) is 18.4. The molecule has 1 aliphatic rings. The fraction of sp³-hybridized carbons (Fsp3) is 0.320. The van der Waals surface area contributed by atoms with Crippen molar-refractivity contribution in [1.29, 1.82) is 0 Å². The van der Waals surface area contributed by atoms with Crippen LogP contribution < -0.4 is 10.2 Å². The number of urea groups is 1. The van der Waals surface area contributed by atoms with Crippen molar-refractivity contribution in [3.05, 3.63) is 71.3 Å². The van der Waals surface area contributed by atoms with Gasteiger partial charge < -0.3 is 15.1 Å². The van der Waals surface area contributed by atoms with E-state index in [1.165, 1.54) is 11.1 Å². The lowest BCUT2D eigenvalue weighted by atomic mass is 10.1. The molecule has 4 rings (SSSR count). The lowest BCUT2D eigenvalue weighted by Crippen LogP contribution is -2.50. The first-order chi connectivity index (χ1) is 15.0. The quantitative estimate of drug-likeness (QED) is 0.672. The molecule has 1 aromatic heterocycles. The minimum Gasteiger partial charge on any atom is -0.352 e. The molecule has 0 radical (unpaired) electrons. The smallest absolute Gasteiger partial charge is 0.321 e. The standard InChI is InChI=1S/C25H29N5O/c1-4-20-6-8-21(9-7-20)23-11-12-24(28-27-23)29-13-15-30(16-14-29)25(31)26-22-10-5-18(2)17-19(22)3/h5-12,17H,4,13-16H2,1-3H3,(H,26,31). The molecule has 2 heterocycles. The number of aryl methyl sites for hydroxylation is 3. The minimum absolute atomic E-state index is 0.0523. The normalized spacial score (nSPS) is 13.9. The summed E-state index contributed by atoms with van der Waals surface area (Å²) in [6.45, 7) is 8.99. The Morgan fingerprint density at radius 3 is 2.29 bits per heavy atom. The molecule has 1 aliphatic heterocycles. The molecule has 1 N–H and O–H groups in total. The Morgan fingerprint density at radius 2 is 1.68 bits per heavy atom. The molecular weight excluding hydrogens is 386 g/mol. The fourth-order valence-electron chi connectivity index (χ4n) is 3.85. The molecule has 0 spiro atoms. The lowest BCUT2D eigenvalue weighted by Gasteiger charge is -2.35. The third kappa shape index (κ3) is 4.85. The van der Waals surface area contributed by atoms with Gasteiger partial charge in [0.2, 0.25) is 0 Å². The second-order valence-electron chi connectivity index (χ2n) is 8.05. The van der Waals surface area contributed by atoms with Gasteiger partial charge in [-0.05, 0) is 49.6 Å². The number of carbonyl (C=O) groups excluding carboxylic acids is 1. The maximum Gasteiger partial charge on any atom is 0.321 e. The van der Waals surface area contributed by atoms with E-state index in [1.54, 1.807) is 0 Å². The Morgan fingerprint density at radius 1 is 0.935 bits per heavy atom. The molecule has 1 fully saturated rings. The molecule has 0 bridgehead atoms. The van der Waals surface area contributed by atoms with Crippen molar-refractivity contribution in [2.75, 3.05) is 36.4 Å². The SMILES string of the molecule is CCc1ccc(-c2ccc(N3CCN(C(=O)Nc4ccc(C)cc4C)CC3)nn2)cc1. The summed E-state index contributed by atoms with van der Waals surface area (Å²) in [6.07, 6.45) is 1.03. The maximum absolute atomic E-state index is 12.7. The number of aromatic nitrogens is 2. The average molecular weight is 416 g/mol. The van der Waals surface area contributed by atoms with Gasteiger partial charge in [-0.25, -0.2) is 4.79 Å². The number of anilines is 2. The van der Waals surface area contributed by atoms with E-state index in [1.807, 2.05) is 36.1 Å². The Bertz CT molecular complexity index is 1040. The van der Waals surface area contributed by atoms with Crippen molar-refractivity contribution in [2.45, 2.75) is 27.2 Å². The van der Waals surface area contributed by atoms with E-state index in [2.05, 4.69) is 64.6 Å². The molecule has 3 aromatic rings. The highest BCUT2D eigenvalue weighted by Crippen LogP contribution is 2.21. The van der Waals surface area contributed by atoms with Gasteiger partial charge in [0.05, 0.1) is 5.69 Å². The van der Waals surface area contributed by atoms with Gasteiger partial charge in [0.1, 0.15) is 0 Å². The van der Waals surface area contributed by atoms with Crippen LogP contribution in [0, 0.1) is 13.8 Å². The zero-order valence-corrected chi connectivity index (χ0v) is 18.4. The van der Waals surface area contributed by atoms with Crippen molar-refractivity contribution >= 4 is 17.5 Å². The summed E-state index contributed by atoms with van der Waals surface area (Å²) in [5.74, 6) is 0.850. The molecule has 6 heteroatoms. The van der Waals surface area contributed by atoms with Gasteiger partial charge in [-0.3, -0.25) is 0 Å². The molecule has 0 saturated carbocycles. The highest BCUT2D eigenvalue weighted by Gasteiger charge is 2.22. The van der Waals surface area contributed by atoms with Crippen molar-refractivity contribution in [1.82, 2.24) is 15.1 Å². The Labute approximate surface area is 183 Å². The molecule has 0 aliphatic carbocycles. The number of piperazine rings is 1. The number of nitrogens with one attached hydrogen (secondary N) is 1. The first-order valence-corrected chi connectivity index (χ1v) is 10.8. The number of carbonyl (C=O) groups is 1. The molecule has 160 valence electrons. The Hall–Kier alpha value is -3.41. The number of benzene rings is 2. The molecule has 0 atom stereocenters. The lowest BCUT2D eigenvalue weighted by molar-refractivity contribution is 0.208. The summed E-state index contributed by atoms with van der Waals surface area (Å²) in [5, 5.41) is 11.9. The third-order valence-corrected chi connectivity index (χ3v) is 5.82. The van der Waals surface area contributed by atoms with Crippen molar-refractivity contribution in [3.8, 4) is 11.3 Å². The highest BCUT2D eigenvalue weighted by atomic mass is 16.2. The third-order valence-electron chi connectivity index (χ3n) is 5.82. The van der Waals surface area contributed by atoms with Crippen molar-refractivity contribution < 1.29 is 4.79 Å². The van der Waals surface area contributed by atoms with Crippen LogP contribution in [-0.4, -0.2) is 47.3 Å². The molecule has 1 saturated heterocycles. The monoisotopic (exact) mass is 415 g/mol. The van der Waals surface area contributed by atoms with E-state index in [9.17, 15) is 4.79 Å². The first kappa shape index (κ1) is 20.8. The van der Waals surface area contributed by atoms with Crippen LogP contribution in [0.5, 0.6) is 0 Å². The summed E-state index contributed by atoms with van der Waals surface area (Å²) in [4.78, 5) is 16.7. The van der Waals surface area contributed by atoms with Crippen LogP contribution in [0.3, 0.4) is 0 Å². The topological polar surface area (TPSA) is 61.4 Å². The van der Waals surface area contributed by atoms with E-state index >= 15 is 0 Å². The molecule has 2 amide bonds. The van der Waals surface area contributed by atoms with E-state index in [-0.39, 0.29) is 6.03 Å². The fourth-order valence-corrected chi connectivity index (χ4v) is 3.85. The number of amides is 2. The summed E-state index contributed by atoms with van der Waals surface area (Å²) >= 11 is 0. The van der Waals surface area contributed by atoms with Crippen LogP contribution in [-0.2, 0) is 6.42 Å².